The first-order valence-corrected chi connectivity index (χ1v) is 23.6. The zero-order chi connectivity index (χ0) is 45.2. The molecule has 320 valence electrons. The molecule has 0 spiro atoms. The van der Waals surface area contributed by atoms with Gasteiger partial charge >= 0.3 is 0 Å². The minimum atomic E-state index is -0.346. The number of rotatable bonds is 8. The SMILES string of the molecule is CC1(c2ccccc2)c2ccccc2-c2c(N(c3ccc(-c4ccc5c(c4)c4ccccc4n5-c4ccccc4)cc3)c3ccccc3-c3cccc4cccc(-c5ccccc5)c34)cccc21. The molecule has 1 heterocycles. The van der Waals surface area contributed by atoms with Crippen molar-refractivity contribution < 1.29 is 0 Å². The van der Waals surface area contributed by atoms with Gasteiger partial charge in [-0.1, -0.05) is 206 Å². The van der Waals surface area contributed by atoms with Gasteiger partial charge in [0.05, 0.1) is 22.4 Å². The average Bonchev–Trinajstić information content (AvgIpc) is 3.89. The van der Waals surface area contributed by atoms with Crippen LogP contribution in [0.1, 0.15) is 23.6 Å². The monoisotopic (exact) mass is 866 g/mol. The van der Waals surface area contributed by atoms with E-state index in [0.717, 1.165) is 22.7 Å². The lowest BCUT2D eigenvalue weighted by atomic mass is 9.74. The Hall–Kier alpha value is -8.72. The molecule has 1 atom stereocenters. The third-order valence-electron chi connectivity index (χ3n) is 14.5. The molecule has 13 rings (SSSR count). The van der Waals surface area contributed by atoms with Crippen molar-refractivity contribution in [2.24, 2.45) is 0 Å². The Morgan fingerprint density at radius 3 is 1.74 bits per heavy atom. The van der Waals surface area contributed by atoms with Crippen LogP contribution in [0.3, 0.4) is 0 Å². The second-order valence-electron chi connectivity index (χ2n) is 18.1. The second-order valence-corrected chi connectivity index (χ2v) is 18.1. The number of para-hydroxylation sites is 3. The van der Waals surface area contributed by atoms with E-state index in [0.29, 0.717) is 0 Å². The molecule has 0 N–H and O–H groups in total. The number of aromatic nitrogens is 1. The van der Waals surface area contributed by atoms with Crippen LogP contribution in [0.25, 0.3) is 82.8 Å². The van der Waals surface area contributed by atoms with Gasteiger partial charge in [0.15, 0.2) is 0 Å². The number of hydrogen-bond acceptors (Lipinski definition) is 1. The van der Waals surface area contributed by atoms with E-state index in [-0.39, 0.29) is 5.41 Å². The fourth-order valence-electron chi connectivity index (χ4n) is 11.3. The molecule has 0 fully saturated rings. The number of benzene rings is 11. The number of anilines is 3. The molecule has 68 heavy (non-hydrogen) atoms. The second kappa shape index (κ2) is 16.0. The van der Waals surface area contributed by atoms with Crippen molar-refractivity contribution in [1.82, 2.24) is 4.57 Å². The summed E-state index contributed by atoms with van der Waals surface area (Å²) in [6.45, 7) is 2.40. The van der Waals surface area contributed by atoms with Gasteiger partial charge in [-0.2, -0.15) is 0 Å². The summed E-state index contributed by atoms with van der Waals surface area (Å²) in [6, 6.07) is 95.8. The van der Waals surface area contributed by atoms with Gasteiger partial charge in [-0.25, -0.2) is 0 Å². The molecular formula is C66H46N2. The van der Waals surface area contributed by atoms with Gasteiger partial charge in [0.25, 0.3) is 0 Å². The average molecular weight is 867 g/mol. The Morgan fingerprint density at radius 2 is 0.941 bits per heavy atom. The van der Waals surface area contributed by atoms with E-state index < -0.39 is 0 Å². The lowest BCUT2D eigenvalue weighted by Crippen LogP contribution is -2.22. The fourth-order valence-corrected chi connectivity index (χ4v) is 11.3. The van der Waals surface area contributed by atoms with Crippen LogP contribution in [0.2, 0.25) is 0 Å². The zero-order valence-electron chi connectivity index (χ0n) is 37.7. The largest absolute Gasteiger partial charge is 0.309 e. The van der Waals surface area contributed by atoms with Crippen LogP contribution in [0.4, 0.5) is 17.1 Å². The van der Waals surface area contributed by atoms with Crippen LogP contribution in [0.15, 0.2) is 261 Å². The van der Waals surface area contributed by atoms with Gasteiger partial charge in [-0.05, 0) is 122 Å². The summed E-state index contributed by atoms with van der Waals surface area (Å²) in [7, 11) is 0. The molecule has 1 unspecified atom stereocenters. The van der Waals surface area contributed by atoms with E-state index in [4.69, 9.17) is 0 Å². The molecule has 1 aliphatic carbocycles. The number of fused-ring (bicyclic) bond motifs is 7. The van der Waals surface area contributed by atoms with Gasteiger partial charge in [-0.15, -0.1) is 0 Å². The van der Waals surface area contributed by atoms with Crippen LogP contribution in [0, 0.1) is 0 Å². The molecule has 11 aromatic carbocycles. The first-order valence-electron chi connectivity index (χ1n) is 23.6. The van der Waals surface area contributed by atoms with Crippen molar-refractivity contribution >= 4 is 49.6 Å². The molecular weight excluding hydrogens is 821 g/mol. The van der Waals surface area contributed by atoms with Crippen molar-refractivity contribution in [2.45, 2.75) is 12.3 Å². The van der Waals surface area contributed by atoms with Gasteiger partial charge < -0.3 is 9.47 Å². The van der Waals surface area contributed by atoms with Crippen LogP contribution in [-0.4, -0.2) is 4.57 Å². The predicted molar refractivity (Wildman–Crippen MR) is 287 cm³/mol. The maximum Gasteiger partial charge on any atom is 0.0543 e. The minimum Gasteiger partial charge on any atom is -0.309 e. The van der Waals surface area contributed by atoms with E-state index in [2.05, 4.69) is 277 Å². The van der Waals surface area contributed by atoms with Crippen molar-refractivity contribution in [3.63, 3.8) is 0 Å². The van der Waals surface area contributed by atoms with E-state index >= 15 is 0 Å². The predicted octanol–water partition coefficient (Wildman–Crippen LogP) is 17.7. The normalized spacial score (nSPS) is 14.0. The van der Waals surface area contributed by atoms with Crippen LogP contribution in [-0.2, 0) is 5.41 Å². The highest BCUT2D eigenvalue weighted by atomic mass is 15.1. The van der Waals surface area contributed by atoms with E-state index in [1.165, 1.54) is 93.8 Å². The summed E-state index contributed by atoms with van der Waals surface area (Å²) >= 11 is 0. The van der Waals surface area contributed by atoms with Gasteiger partial charge in [-0.3, -0.25) is 0 Å². The highest BCUT2D eigenvalue weighted by Crippen LogP contribution is 2.57. The maximum absolute atomic E-state index is 2.52. The molecule has 0 saturated heterocycles. The van der Waals surface area contributed by atoms with Crippen LogP contribution in [0.5, 0.6) is 0 Å². The third kappa shape index (κ3) is 6.18. The lowest BCUT2D eigenvalue weighted by Gasteiger charge is -2.32. The van der Waals surface area contributed by atoms with Gasteiger partial charge in [0.2, 0.25) is 0 Å². The Labute approximate surface area is 397 Å². The standard InChI is InChI=1S/C66H46N2/c1-66(49-24-7-3-8-25-49)58-33-14-11-30-56(58)65-59(66)34-19-37-63(65)68(60-35-15-12-28-53(60)55-32-18-23-47-22-17-31-52(64(47)55)46-20-5-2-6-21-46)51-41-38-45(39-42-51)48-40-43-62-57(44-48)54-29-13-16-36-61(54)67(62)50-26-9-4-10-27-50/h2-44H,1H3. The van der Waals surface area contributed by atoms with Gasteiger partial charge in [0.1, 0.15) is 0 Å². The first kappa shape index (κ1) is 39.6. The molecule has 0 radical (unpaired) electrons. The summed E-state index contributed by atoms with van der Waals surface area (Å²) in [5.74, 6) is 0. The van der Waals surface area contributed by atoms with Crippen molar-refractivity contribution in [2.75, 3.05) is 4.90 Å². The van der Waals surface area contributed by atoms with E-state index in [1.807, 2.05) is 0 Å². The summed E-state index contributed by atoms with van der Waals surface area (Å²) in [4.78, 5) is 2.52. The summed E-state index contributed by atoms with van der Waals surface area (Å²) in [5, 5.41) is 4.95. The lowest BCUT2D eigenvalue weighted by molar-refractivity contribution is 0.714. The van der Waals surface area contributed by atoms with Crippen molar-refractivity contribution in [3.05, 3.63) is 278 Å². The molecule has 1 aromatic heterocycles. The molecule has 0 saturated carbocycles. The zero-order valence-corrected chi connectivity index (χ0v) is 37.7. The Bertz CT molecular complexity index is 3840. The molecule has 0 bridgehead atoms. The molecule has 0 amide bonds. The minimum absolute atomic E-state index is 0.346. The maximum atomic E-state index is 2.52. The number of nitrogens with zero attached hydrogens (tertiary/aromatic N) is 2. The molecule has 2 heteroatoms. The number of hydrogen-bond donors (Lipinski definition) is 0. The molecule has 1 aliphatic rings. The topological polar surface area (TPSA) is 8.17 Å². The van der Waals surface area contributed by atoms with Crippen LogP contribution >= 0.6 is 0 Å². The Kier molecular flexibility index (Phi) is 9.33. The van der Waals surface area contributed by atoms with Gasteiger partial charge in [0, 0.05) is 38.7 Å². The van der Waals surface area contributed by atoms with E-state index in [9.17, 15) is 0 Å². The third-order valence-corrected chi connectivity index (χ3v) is 14.5. The smallest absolute Gasteiger partial charge is 0.0543 e. The first-order chi connectivity index (χ1) is 33.6. The summed E-state index contributed by atoms with van der Waals surface area (Å²) < 4.78 is 2.38. The van der Waals surface area contributed by atoms with Crippen molar-refractivity contribution in [1.29, 1.82) is 0 Å². The highest BCUT2D eigenvalue weighted by Gasteiger charge is 2.42. The summed E-state index contributed by atoms with van der Waals surface area (Å²) in [6.07, 6.45) is 0. The summed E-state index contributed by atoms with van der Waals surface area (Å²) in [5.41, 5.74) is 20.2. The van der Waals surface area contributed by atoms with Crippen LogP contribution < -0.4 is 4.90 Å². The fraction of sp³-hybridized carbons (Fsp3) is 0.0303. The van der Waals surface area contributed by atoms with Crippen molar-refractivity contribution in [3.8, 4) is 50.2 Å². The molecule has 2 nitrogen and oxygen atoms in total. The Balaban J connectivity index is 1.03. The molecule has 12 aromatic rings. The highest BCUT2D eigenvalue weighted by molar-refractivity contribution is 6.11. The molecule has 0 aliphatic heterocycles. The quantitative estimate of drug-likeness (QED) is 0.148. The Morgan fingerprint density at radius 1 is 0.368 bits per heavy atom. The van der Waals surface area contributed by atoms with E-state index in [1.54, 1.807) is 0 Å².